The van der Waals surface area contributed by atoms with Gasteiger partial charge in [0, 0.05) is 11.8 Å². The molecular formula is C17H17NO3. The van der Waals surface area contributed by atoms with Gasteiger partial charge in [0.15, 0.2) is 6.61 Å². The van der Waals surface area contributed by atoms with Gasteiger partial charge in [-0.05, 0) is 29.3 Å². The second-order valence-corrected chi connectivity index (χ2v) is 4.53. The van der Waals surface area contributed by atoms with Crippen molar-refractivity contribution in [1.29, 1.82) is 0 Å². The quantitative estimate of drug-likeness (QED) is 0.676. The van der Waals surface area contributed by atoms with E-state index < -0.39 is 5.97 Å². The number of benzene rings is 2. The van der Waals surface area contributed by atoms with Crippen molar-refractivity contribution in [3.05, 3.63) is 54.6 Å². The molecule has 0 bridgehead atoms. The molecule has 0 unspecified atom stereocenters. The lowest BCUT2D eigenvalue weighted by Gasteiger charge is -2.06. The van der Waals surface area contributed by atoms with E-state index in [1.807, 2.05) is 49.4 Å². The van der Waals surface area contributed by atoms with Crippen LogP contribution in [0.2, 0.25) is 0 Å². The number of hydrogen-bond acceptors (Lipinski definition) is 3. The Bertz CT molecular complexity index is 677. The Labute approximate surface area is 123 Å². The van der Waals surface area contributed by atoms with Gasteiger partial charge in [0.2, 0.25) is 0 Å². The molecule has 0 aliphatic carbocycles. The fourth-order valence-corrected chi connectivity index (χ4v) is 1.86. The van der Waals surface area contributed by atoms with Gasteiger partial charge in [-0.25, -0.2) is 4.79 Å². The SMILES string of the molecule is CC/C=C/C(=O)OCC(=O)Nc1ccc2ccccc2c1. The molecular weight excluding hydrogens is 266 g/mol. The Morgan fingerprint density at radius 3 is 2.67 bits per heavy atom. The number of allylic oxidation sites excluding steroid dienone is 1. The maximum absolute atomic E-state index is 11.7. The van der Waals surface area contributed by atoms with Crippen molar-refractivity contribution in [2.75, 3.05) is 11.9 Å². The third kappa shape index (κ3) is 4.45. The van der Waals surface area contributed by atoms with E-state index in [0.717, 1.165) is 17.2 Å². The molecule has 0 heterocycles. The molecule has 2 aromatic carbocycles. The fourth-order valence-electron chi connectivity index (χ4n) is 1.86. The van der Waals surface area contributed by atoms with Crippen LogP contribution in [0.15, 0.2) is 54.6 Å². The molecule has 21 heavy (non-hydrogen) atoms. The summed E-state index contributed by atoms with van der Waals surface area (Å²) >= 11 is 0. The number of carbonyl (C=O) groups is 2. The molecule has 0 saturated carbocycles. The van der Waals surface area contributed by atoms with Crippen LogP contribution in [0, 0.1) is 0 Å². The topological polar surface area (TPSA) is 55.4 Å². The van der Waals surface area contributed by atoms with Gasteiger partial charge in [-0.3, -0.25) is 4.79 Å². The number of rotatable bonds is 5. The summed E-state index contributed by atoms with van der Waals surface area (Å²) < 4.78 is 4.83. The van der Waals surface area contributed by atoms with Gasteiger partial charge in [0.25, 0.3) is 5.91 Å². The lowest BCUT2D eigenvalue weighted by molar-refractivity contribution is -0.142. The average molecular weight is 283 g/mol. The average Bonchev–Trinajstić information content (AvgIpc) is 2.50. The molecule has 0 fully saturated rings. The molecule has 0 aliphatic rings. The number of hydrogen-bond donors (Lipinski definition) is 1. The molecule has 0 spiro atoms. The summed E-state index contributed by atoms with van der Waals surface area (Å²) in [5.74, 6) is -0.867. The van der Waals surface area contributed by atoms with Crippen molar-refractivity contribution in [3.8, 4) is 0 Å². The number of fused-ring (bicyclic) bond motifs is 1. The van der Waals surface area contributed by atoms with Crippen LogP contribution in [-0.4, -0.2) is 18.5 Å². The molecule has 1 amide bonds. The van der Waals surface area contributed by atoms with Crippen LogP contribution in [0.3, 0.4) is 0 Å². The van der Waals surface area contributed by atoms with Crippen molar-refractivity contribution in [2.45, 2.75) is 13.3 Å². The standard InChI is InChI=1S/C17H17NO3/c1-2-3-8-17(20)21-12-16(19)18-15-10-9-13-6-4-5-7-14(13)11-15/h3-11H,2,12H2,1H3,(H,18,19)/b8-3+. The van der Waals surface area contributed by atoms with Crippen molar-refractivity contribution < 1.29 is 14.3 Å². The van der Waals surface area contributed by atoms with E-state index in [0.29, 0.717) is 5.69 Å². The number of nitrogens with one attached hydrogen (secondary N) is 1. The van der Waals surface area contributed by atoms with E-state index >= 15 is 0 Å². The van der Waals surface area contributed by atoms with Gasteiger partial charge in [0.05, 0.1) is 0 Å². The minimum absolute atomic E-state index is 0.292. The first-order valence-corrected chi connectivity index (χ1v) is 6.81. The smallest absolute Gasteiger partial charge is 0.330 e. The van der Waals surface area contributed by atoms with E-state index in [2.05, 4.69) is 5.32 Å². The zero-order chi connectivity index (χ0) is 15.1. The lowest BCUT2D eigenvalue weighted by atomic mass is 10.1. The summed E-state index contributed by atoms with van der Waals surface area (Å²) in [5.41, 5.74) is 0.679. The fraction of sp³-hybridized carbons (Fsp3) is 0.176. The molecule has 0 aromatic heterocycles. The number of ether oxygens (including phenoxy) is 1. The normalized spacial score (nSPS) is 10.7. The predicted octanol–water partition coefficient (Wildman–Crippen LogP) is 3.29. The highest BCUT2D eigenvalue weighted by Gasteiger charge is 2.06. The lowest BCUT2D eigenvalue weighted by Crippen LogP contribution is -2.20. The second kappa shape index (κ2) is 7.24. The molecule has 0 radical (unpaired) electrons. The summed E-state index contributed by atoms with van der Waals surface area (Å²) in [6.45, 7) is 1.62. The molecule has 108 valence electrons. The summed E-state index contributed by atoms with van der Waals surface area (Å²) in [4.78, 5) is 23.0. The third-order valence-electron chi connectivity index (χ3n) is 2.87. The van der Waals surface area contributed by atoms with Crippen LogP contribution in [0.25, 0.3) is 10.8 Å². The van der Waals surface area contributed by atoms with Crippen LogP contribution in [-0.2, 0) is 14.3 Å². The number of esters is 1. The van der Waals surface area contributed by atoms with Crippen LogP contribution in [0.4, 0.5) is 5.69 Å². The number of amides is 1. The first-order chi connectivity index (χ1) is 10.2. The van der Waals surface area contributed by atoms with E-state index in [4.69, 9.17) is 4.74 Å². The zero-order valence-electron chi connectivity index (χ0n) is 11.8. The number of anilines is 1. The summed E-state index contributed by atoms with van der Waals surface area (Å²) in [5, 5.41) is 4.85. The zero-order valence-corrected chi connectivity index (χ0v) is 11.8. The van der Waals surface area contributed by atoms with Crippen molar-refractivity contribution in [1.82, 2.24) is 0 Å². The first kappa shape index (κ1) is 14.8. The predicted molar refractivity (Wildman–Crippen MR) is 83.0 cm³/mol. The van der Waals surface area contributed by atoms with E-state index in [1.165, 1.54) is 6.08 Å². The largest absolute Gasteiger partial charge is 0.452 e. The van der Waals surface area contributed by atoms with Crippen molar-refractivity contribution in [2.24, 2.45) is 0 Å². The monoisotopic (exact) mass is 283 g/mol. The van der Waals surface area contributed by atoms with E-state index in [-0.39, 0.29) is 12.5 Å². The van der Waals surface area contributed by atoms with Crippen LogP contribution in [0.5, 0.6) is 0 Å². The van der Waals surface area contributed by atoms with Crippen LogP contribution < -0.4 is 5.32 Å². The van der Waals surface area contributed by atoms with Crippen molar-refractivity contribution in [3.63, 3.8) is 0 Å². The highest BCUT2D eigenvalue weighted by Crippen LogP contribution is 2.18. The van der Waals surface area contributed by atoms with E-state index in [9.17, 15) is 9.59 Å². The van der Waals surface area contributed by atoms with Gasteiger partial charge in [-0.15, -0.1) is 0 Å². The Hall–Kier alpha value is -2.62. The molecule has 4 nitrogen and oxygen atoms in total. The van der Waals surface area contributed by atoms with Gasteiger partial charge in [-0.2, -0.15) is 0 Å². The Morgan fingerprint density at radius 1 is 1.14 bits per heavy atom. The maximum Gasteiger partial charge on any atom is 0.330 e. The van der Waals surface area contributed by atoms with Gasteiger partial charge >= 0.3 is 5.97 Å². The van der Waals surface area contributed by atoms with Gasteiger partial charge in [-0.1, -0.05) is 43.3 Å². The molecule has 4 heteroatoms. The Kier molecular flexibility index (Phi) is 5.10. The third-order valence-corrected chi connectivity index (χ3v) is 2.87. The van der Waals surface area contributed by atoms with Crippen LogP contribution >= 0.6 is 0 Å². The van der Waals surface area contributed by atoms with Crippen molar-refractivity contribution >= 4 is 28.3 Å². The molecule has 2 aromatic rings. The summed E-state index contributed by atoms with van der Waals surface area (Å²) in [6.07, 6.45) is 3.76. The second-order valence-electron chi connectivity index (χ2n) is 4.53. The number of carbonyl (C=O) groups excluding carboxylic acids is 2. The van der Waals surface area contributed by atoms with Gasteiger partial charge < -0.3 is 10.1 Å². The summed E-state index contributed by atoms with van der Waals surface area (Å²) in [6, 6.07) is 13.5. The van der Waals surface area contributed by atoms with Gasteiger partial charge in [0.1, 0.15) is 0 Å². The van der Waals surface area contributed by atoms with E-state index in [1.54, 1.807) is 6.08 Å². The Balaban J connectivity index is 1.92. The minimum atomic E-state index is -0.509. The maximum atomic E-state index is 11.7. The Morgan fingerprint density at radius 2 is 1.90 bits per heavy atom. The molecule has 1 N–H and O–H groups in total. The molecule has 0 saturated heterocycles. The molecule has 2 rings (SSSR count). The molecule has 0 aliphatic heterocycles. The minimum Gasteiger partial charge on any atom is -0.452 e. The first-order valence-electron chi connectivity index (χ1n) is 6.81. The highest BCUT2D eigenvalue weighted by atomic mass is 16.5. The van der Waals surface area contributed by atoms with Crippen LogP contribution in [0.1, 0.15) is 13.3 Å². The highest BCUT2D eigenvalue weighted by molar-refractivity contribution is 5.96. The summed E-state index contributed by atoms with van der Waals surface area (Å²) in [7, 11) is 0. The molecule has 0 atom stereocenters.